The van der Waals surface area contributed by atoms with Crippen LogP contribution in [-0.4, -0.2) is 7.05 Å². The molecule has 3 heteroatoms. The van der Waals surface area contributed by atoms with E-state index >= 15 is 0 Å². The van der Waals surface area contributed by atoms with Crippen LogP contribution < -0.4 is 5.32 Å². The molecule has 0 saturated carbocycles. The van der Waals surface area contributed by atoms with E-state index in [4.69, 9.17) is 0 Å². The summed E-state index contributed by atoms with van der Waals surface area (Å²) < 4.78 is 14.3. The minimum Gasteiger partial charge on any atom is -0.310 e. The average molecular weight is 298 g/mol. The molecule has 1 N–H and O–H groups in total. The Morgan fingerprint density at radius 3 is 2.82 bits per heavy atom. The molecule has 92 valence electrons. The summed E-state index contributed by atoms with van der Waals surface area (Å²) in [6.45, 7) is 0. The highest BCUT2D eigenvalue weighted by Crippen LogP contribution is 2.33. The van der Waals surface area contributed by atoms with Crippen LogP contribution in [0, 0.1) is 5.82 Å². The van der Waals surface area contributed by atoms with Crippen LogP contribution in [0.25, 0.3) is 0 Å². The number of allylic oxidation sites excluding steroid dienone is 1. The van der Waals surface area contributed by atoms with Crippen LogP contribution in [0.15, 0.2) is 34.3 Å². The maximum Gasteiger partial charge on any atom is 0.123 e. The minimum absolute atomic E-state index is 0.125. The molecule has 0 spiro atoms. The first-order valence-corrected chi connectivity index (χ1v) is 6.83. The van der Waals surface area contributed by atoms with Crippen molar-refractivity contribution in [3.63, 3.8) is 0 Å². The van der Waals surface area contributed by atoms with Crippen LogP contribution in [-0.2, 0) is 0 Å². The topological polar surface area (TPSA) is 12.0 Å². The third-order valence-corrected chi connectivity index (χ3v) is 3.98. The fourth-order valence-corrected chi connectivity index (χ4v) is 2.88. The lowest BCUT2D eigenvalue weighted by molar-refractivity contribution is 0.581. The molecular weight excluding hydrogens is 281 g/mol. The summed E-state index contributed by atoms with van der Waals surface area (Å²) in [5.41, 5.74) is 2.37. The van der Waals surface area contributed by atoms with E-state index < -0.39 is 0 Å². The van der Waals surface area contributed by atoms with Crippen molar-refractivity contribution in [2.75, 3.05) is 7.05 Å². The van der Waals surface area contributed by atoms with Gasteiger partial charge in [0.1, 0.15) is 5.82 Å². The summed E-state index contributed by atoms with van der Waals surface area (Å²) in [5.74, 6) is -0.181. The van der Waals surface area contributed by atoms with Gasteiger partial charge in [0.15, 0.2) is 0 Å². The zero-order chi connectivity index (χ0) is 12.3. The van der Waals surface area contributed by atoms with Crippen molar-refractivity contribution in [1.29, 1.82) is 0 Å². The largest absolute Gasteiger partial charge is 0.310 e. The Morgan fingerprint density at radius 1 is 1.35 bits per heavy atom. The molecule has 1 aliphatic rings. The molecule has 0 amide bonds. The van der Waals surface area contributed by atoms with E-state index in [1.54, 1.807) is 12.1 Å². The standard InChI is InChI=1S/C14H17BrFN/c1-17-14(10-5-3-2-4-6-10)12-9-11(16)7-8-13(12)15/h5,7-9,14,17H,2-4,6H2,1H3. The molecule has 0 saturated heterocycles. The summed E-state index contributed by atoms with van der Waals surface area (Å²) in [4.78, 5) is 0. The van der Waals surface area contributed by atoms with Crippen LogP contribution >= 0.6 is 15.9 Å². The second-order valence-corrected chi connectivity index (χ2v) is 5.27. The number of rotatable bonds is 3. The summed E-state index contributed by atoms with van der Waals surface area (Å²) in [6.07, 6.45) is 7.04. The molecule has 1 atom stereocenters. The van der Waals surface area contributed by atoms with Gasteiger partial charge in [-0.15, -0.1) is 0 Å². The first kappa shape index (κ1) is 12.8. The lowest BCUT2D eigenvalue weighted by Crippen LogP contribution is -2.20. The van der Waals surface area contributed by atoms with E-state index in [2.05, 4.69) is 27.3 Å². The van der Waals surface area contributed by atoms with E-state index in [0.29, 0.717) is 0 Å². The normalized spacial score (nSPS) is 17.7. The van der Waals surface area contributed by atoms with Crippen molar-refractivity contribution in [3.8, 4) is 0 Å². The maximum atomic E-state index is 13.3. The fourth-order valence-electron chi connectivity index (χ4n) is 2.40. The predicted molar refractivity (Wildman–Crippen MR) is 72.5 cm³/mol. The van der Waals surface area contributed by atoms with Gasteiger partial charge in [0.25, 0.3) is 0 Å². The van der Waals surface area contributed by atoms with Crippen molar-refractivity contribution in [2.24, 2.45) is 0 Å². The van der Waals surface area contributed by atoms with Gasteiger partial charge in [0.05, 0.1) is 6.04 Å². The molecule has 1 nitrogen and oxygen atoms in total. The Labute approximate surface area is 110 Å². The van der Waals surface area contributed by atoms with Gasteiger partial charge in [-0.2, -0.15) is 0 Å². The zero-order valence-electron chi connectivity index (χ0n) is 9.97. The Morgan fingerprint density at radius 2 is 2.18 bits per heavy atom. The van der Waals surface area contributed by atoms with Gasteiger partial charge in [0.2, 0.25) is 0 Å². The van der Waals surface area contributed by atoms with Crippen molar-refractivity contribution in [1.82, 2.24) is 5.32 Å². The number of halogens is 2. The summed E-state index contributed by atoms with van der Waals surface area (Å²) >= 11 is 3.50. The number of nitrogens with one attached hydrogen (secondary N) is 1. The first-order valence-electron chi connectivity index (χ1n) is 6.03. The molecule has 1 unspecified atom stereocenters. The van der Waals surface area contributed by atoms with Crippen molar-refractivity contribution in [2.45, 2.75) is 31.7 Å². The van der Waals surface area contributed by atoms with Crippen LogP contribution in [0.1, 0.15) is 37.3 Å². The monoisotopic (exact) mass is 297 g/mol. The molecule has 0 fully saturated rings. The molecule has 0 aliphatic heterocycles. The lowest BCUT2D eigenvalue weighted by atomic mass is 9.90. The van der Waals surface area contributed by atoms with Gasteiger partial charge in [-0.25, -0.2) is 4.39 Å². The van der Waals surface area contributed by atoms with Crippen LogP contribution in [0.4, 0.5) is 4.39 Å². The van der Waals surface area contributed by atoms with Crippen LogP contribution in [0.3, 0.4) is 0 Å². The molecular formula is C14H17BrFN. The van der Waals surface area contributed by atoms with E-state index in [1.807, 2.05) is 7.05 Å². The second kappa shape index (κ2) is 5.78. The summed E-state index contributed by atoms with van der Waals surface area (Å²) in [6, 6.07) is 5.00. The average Bonchev–Trinajstić information content (AvgIpc) is 2.36. The molecule has 2 rings (SSSR count). The highest BCUT2D eigenvalue weighted by atomic mass is 79.9. The molecule has 1 aromatic carbocycles. The van der Waals surface area contributed by atoms with Crippen molar-refractivity contribution in [3.05, 3.63) is 45.7 Å². The Hall–Kier alpha value is -0.670. The lowest BCUT2D eigenvalue weighted by Gasteiger charge is -2.24. The van der Waals surface area contributed by atoms with Gasteiger partial charge in [-0.1, -0.05) is 27.6 Å². The van der Waals surface area contributed by atoms with Gasteiger partial charge in [-0.3, -0.25) is 0 Å². The third-order valence-electron chi connectivity index (χ3n) is 3.25. The number of hydrogen-bond donors (Lipinski definition) is 1. The Bertz CT molecular complexity index is 428. The van der Waals surface area contributed by atoms with Gasteiger partial charge in [-0.05, 0) is 56.5 Å². The molecule has 17 heavy (non-hydrogen) atoms. The smallest absolute Gasteiger partial charge is 0.123 e. The predicted octanol–water partition coefficient (Wildman–Crippen LogP) is 4.35. The molecule has 0 aromatic heterocycles. The fraction of sp³-hybridized carbons (Fsp3) is 0.429. The molecule has 0 bridgehead atoms. The van der Waals surface area contributed by atoms with E-state index in [1.165, 1.54) is 24.5 Å². The molecule has 1 aromatic rings. The van der Waals surface area contributed by atoms with Crippen LogP contribution in [0.2, 0.25) is 0 Å². The van der Waals surface area contributed by atoms with E-state index in [-0.39, 0.29) is 11.9 Å². The molecule has 0 radical (unpaired) electrons. The zero-order valence-corrected chi connectivity index (χ0v) is 11.6. The van der Waals surface area contributed by atoms with Gasteiger partial charge < -0.3 is 5.32 Å². The maximum absolute atomic E-state index is 13.3. The van der Waals surface area contributed by atoms with E-state index in [9.17, 15) is 4.39 Å². The number of likely N-dealkylation sites (N-methyl/N-ethyl adjacent to an activating group) is 1. The van der Waals surface area contributed by atoms with Crippen molar-refractivity contribution >= 4 is 15.9 Å². The van der Waals surface area contributed by atoms with E-state index in [0.717, 1.165) is 22.9 Å². The highest BCUT2D eigenvalue weighted by molar-refractivity contribution is 9.10. The Balaban J connectivity index is 2.34. The summed E-state index contributed by atoms with van der Waals surface area (Å²) in [7, 11) is 1.93. The highest BCUT2D eigenvalue weighted by Gasteiger charge is 2.19. The minimum atomic E-state index is -0.181. The third kappa shape index (κ3) is 2.96. The quantitative estimate of drug-likeness (QED) is 0.818. The van der Waals surface area contributed by atoms with Gasteiger partial charge >= 0.3 is 0 Å². The first-order chi connectivity index (χ1) is 8.22. The SMILES string of the molecule is CNC(C1=CCCCC1)c1cc(F)ccc1Br. The number of benzene rings is 1. The van der Waals surface area contributed by atoms with Crippen molar-refractivity contribution < 1.29 is 4.39 Å². The Kier molecular flexibility index (Phi) is 4.35. The van der Waals surface area contributed by atoms with Gasteiger partial charge in [0, 0.05) is 4.47 Å². The molecule has 1 aliphatic carbocycles. The van der Waals surface area contributed by atoms with Crippen LogP contribution in [0.5, 0.6) is 0 Å². The molecule has 0 heterocycles. The number of hydrogen-bond acceptors (Lipinski definition) is 1. The summed E-state index contributed by atoms with van der Waals surface area (Å²) in [5, 5.41) is 3.29. The second-order valence-electron chi connectivity index (χ2n) is 4.41.